The van der Waals surface area contributed by atoms with E-state index in [4.69, 9.17) is 18.9 Å². The smallest absolute Gasteiger partial charge is 0.344 e. The molecule has 1 aliphatic heterocycles. The highest BCUT2D eigenvalue weighted by molar-refractivity contribution is 5.92. The Labute approximate surface area is 335 Å². The molecule has 17 heteroatoms. The molecule has 2 aliphatic rings. The first kappa shape index (κ1) is 46.6. The third-order valence-electron chi connectivity index (χ3n) is 10.1. The summed E-state index contributed by atoms with van der Waals surface area (Å²) in [5, 5.41) is 9.37. The van der Waals surface area contributed by atoms with Gasteiger partial charge in [-0.3, -0.25) is 14.4 Å². The van der Waals surface area contributed by atoms with Gasteiger partial charge in [0.05, 0.1) is 13.2 Å². The van der Waals surface area contributed by atoms with Crippen LogP contribution in [0.2, 0.25) is 0 Å². The number of carboxylic acid groups (broad SMARTS) is 1. The monoisotopic (exact) mass is 803 g/mol. The van der Waals surface area contributed by atoms with Crippen LogP contribution in [0.1, 0.15) is 79.2 Å². The number of nitrogens with zero attached hydrogens (tertiary/aromatic N) is 5. The zero-order chi connectivity index (χ0) is 42.6. The second-order valence-corrected chi connectivity index (χ2v) is 15.9. The van der Waals surface area contributed by atoms with Gasteiger partial charge >= 0.3 is 23.9 Å². The van der Waals surface area contributed by atoms with E-state index in [2.05, 4.69) is 9.88 Å². The van der Waals surface area contributed by atoms with E-state index in [1.807, 2.05) is 27.7 Å². The fraction of sp³-hybridized carbons (Fsp3) is 0.700. The number of carboxylic acids is 1. The molecular weight excluding hydrogens is 742 g/mol. The van der Waals surface area contributed by atoms with Crippen molar-refractivity contribution in [2.45, 2.75) is 117 Å². The van der Waals surface area contributed by atoms with Crippen LogP contribution in [0.5, 0.6) is 0 Å². The van der Waals surface area contributed by atoms with Crippen molar-refractivity contribution in [3.63, 3.8) is 0 Å². The van der Waals surface area contributed by atoms with E-state index in [1.165, 1.54) is 39.9 Å². The number of aliphatic carboxylic acids is 1. The number of esters is 3. The van der Waals surface area contributed by atoms with E-state index in [0.29, 0.717) is 50.5 Å². The summed E-state index contributed by atoms with van der Waals surface area (Å²) in [6.07, 6.45) is 0.00111. The lowest BCUT2D eigenvalue weighted by molar-refractivity contribution is -0.174. The normalized spacial score (nSPS) is 17.4. The van der Waals surface area contributed by atoms with Crippen LogP contribution in [0, 0.1) is 17.8 Å². The van der Waals surface area contributed by atoms with Gasteiger partial charge in [-0.1, -0.05) is 46.6 Å². The molecule has 3 amide bonds. The minimum absolute atomic E-state index is 0.0455. The van der Waals surface area contributed by atoms with Gasteiger partial charge < -0.3 is 43.7 Å². The van der Waals surface area contributed by atoms with E-state index >= 15 is 0 Å². The fourth-order valence-electron chi connectivity index (χ4n) is 6.45. The number of amides is 3. The van der Waals surface area contributed by atoms with Gasteiger partial charge in [0.15, 0.2) is 18.3 Å². The Hall–Kier alpha value is -4.80. The first-order chi connectivity index (χ1) is 26.8. The predicted molar refractivity (Wildman–Crippen MR) is 207 cm³/mol. The minimum Gasteiger partial charge on any atom is -0.479 e. The average Bonchev–Trinajstić information content (AvgIpc) is 4.01. The lowest BCUT2D eigenvalue weighted by Gasteiger charge is -2.33. The summed E-state index contributed by atoms with van der Waals surface area (Å²) in [7, 11) is 4.22. The second kappa shape index (κ2) is 21.6. The topological polar surface area (TPSA) is 202 Å². The number of rotatable bonds is 22. The molecule has 3 rings (SSSR count). The third kappa shape index (κ3) is 14.0. The van der Waals surface area contributed by atoms with Crippen LogP contribution in [0.15, 0.2) is 18.3 Å². The number of morpholine rings is 1. The lowest BCUT2D eigenvalue weighted by Crippen LogP contribution is -2.53. The Kier molecular flexibility index (Phi) is 17.7. The Bertz CT molecular complexity index is 1550. The summed E-state index contributed by atoms with van der Waals surface area (Å²) < 4.78 is 22.2. The number of hydrogen-bond acceptors (Lipinski definition) is 13. The van der Waals surface area contributed by atoms with Crippen molar-refractivity contribution in [2.75, 3.05) is 52.3 Å². The van der Waals surface area contributed by atoms with Crippen LogP contribution >= 0.6 is 0 Å². The molecule has 1 aromatic rings. The van der Waals surface area contributed by atoms with E-state index in [0.717, 1.165) is 22.6 Å². The molecule has 0 radical (unpaired) electrons. The first-order valence-electron chi connectivity index (χ1n) is 19.7. The second-order valence-electron chi connectivity index (χ2n) is 15.9. The molecule has 1 saturated carbocycles. The predicted octanol–water partition coefficient (Wildman–Crippen LogP) is 2.32. The van der Waals surface area contributed by atoms with Crippen molar-refractivity contribution >= 4 is 47.9 Å². The van der Waals surface area contributed by atoms with Crippen molar-refractivity contribution in [2.24, 2.45) is 17.8 Å². The van der Waals surface area contributed by atoms with Gasteiger partial charge in [-0.15, -0.1) is 0 Å². The highest BCUT2D eigenvalue weighted by Gasteiger charge is 2.41. The molecule has 1 aromatic heterocycles. The van der Waals surface area contributed by atoms with Crippen molar-refractivity contribution < 1.29 is 57.6 Å². The zero-order valence-corrected chi connectivity index (χ0v) is 34.8. The Balaban J connectivity index is 1.91. The average molecular weight is 804 g/mol. The van der Waals surface area contributed by atoms with Crippen LogP contribution in [-0.4, -0.2) is 151 Å². The van der Waals surface area contributed by atoms with Crippen molar-refractivity contribution in [1.82, 2.24) is 19.7 Å². The van der Waals surface area contributed by atoms with Crippen molar-refractivity contribution in [3.05, 3.63) is 23.9 Å². The van der Waals surface area contributed by atoms with Crippen LogP contribution in [-0.2, 0) is 58.9 Å². The third-order valence-corrected chi connectivity index (χ3v) is 10.1. The largest absolute Gasteiger partial charge is 0.479 e. The fourth-order valence-corrected chi connectivity index (χ4v) is 6.45. The van der Waals surface area contributed by atoms with Gasteiger partial charge in [0.1, 0.15) is 23.9 Å². The Morgan fingerprint density at radius 2 is 1.35 bits per heavy atom. The van der Waals surface area contributed by atoms with Crippen LogP contribution in [0.3, 0.4) is 0 Å². The van der Waals surface area contributed by atoms with Crippen LogP contribution in [0.25, 0.3) is 0 Å². The van der Waals surface area contributed by atoms with Gasteiger partial charge in [-0.05, 0) is 62.5 Å². The highest BCUT2D eigenvalue weighted by Crippen LogP contribution is 2.35. The van der Waals surface area contributed by atoms with Gasteiger partial charge in [-0.2, -0.15) is 0 Å². The summed E-state index contributed by atoms with van der Waals surface area (Å²) in [5.74, 6) is -4.59. The molecular formula is C40H61N5O12. The summed E-state index contributed by atoms with van der Waals surface area (Å²) in [6.45, 7) is 12.5. The van der Waals surface area contributed by atoms with Gasteiger partial charge in [-0.25, -0.2) is 24.2 Å². The van der Waals surface area contributed by atoms with Gasteiger partial charge in [0, 0.05) is 46.9 Å². The number of ether oxygens (including phenoxy) is 4. The molecule has 0 spiro atoms. The number of carbonyl (C=O) groups is 7. The molecule has 17 nitrogen and oxygen atoms in total. The quantitative estimate of drug-likeness (QED) is 0.102. The molecule has 6 atom stereocenters. The molecule has 0 unspecified atom stereocenters. The maximum absolute atomic E-state index is 14.4. The number of likely N-dealkylation sites (N-methyl/N-ethyl adjacent to an activating group) is 3. The molecule has 0 aromatic carbocycles. The zero-order valence-electron chi connectivity index (χ0n) is 34.8. The molecule has 57 heavy (non-hydrogen) atoms. The summed E-state index contributed by atoms with van der Waals surface area (Å²) in [5.41, 5.74) is 0.550. The molecule has 318 valence electrons. The standard InChI is InChI=1S/C40H61N5O12/c1-24(2)18-30(42(7)23-46)38(51)55-26(5)35(47)43(8)32(20-28-10-11-28)40(53)57-33(21-29-12-13-34(41-22-29)45-14-16-54-17-15-45)36(48)44(9)31(19-25(3)4)39(52)56-27(6)37(49)50/h12-13,22-28,30-33H,10-11,14-21H2,1-9H3,(H,49,50)/t26-,27-,30+,31+,32+,33-/m1/s1. The van der Waals surface area contributed by atoms with E-state index in [-0.39, 0.29) is 37.0 Å². The maximum atomic E-state index is 14.4. The Morgan fingerprint density at radius 1 is 0.807 bits per heavy atom. The molecule has 2 heterocycles. The SMILES string of the molecule is CC(C)C[C@@H](C(=O)O[C@H](C)C(=O)N(C)[C@@H](CC1CC1)C(=O)O[C@H](Cc1ccc(N2CCOCC2)nc1)C(=O)N(C)[C@@H](CC(C)C)C(=O)O[C@H](C)C(=O)O)N(C)C=O. The van der Waals surface area contributed by atoms with Crippen LogP contribution in [0.4, 0.5) is 5.82 Å². The summed E-state index contributed by atoms with van der Waals surface area (Å²) >= 11 is 0. The van der Waals surface area contributed by atoms with Gasteiger partial charge in [0.25, 0.3) is 11.8 Å². The summed E-state index contributed by atoms with van der Waals surface area (Å²) in [4.78, 5) is 102. The van der Waals surface area contributed by atoms with Crippen LogP contribution < -0.4 is 4.90 Å². The number of aromatic nitrogens is 1. The maximum Gasteiger partial charge on any atom is 0.344 e. The summed E-state index contributed by atoms with van der Waals surface area (Å²) in [6, 6.07) is 0.277. The molecule has 1 aliphatic carbocycles. The number of pyridine rings is 1. The molecule has 1 N–H and O–H groups in total. The number of hydrogen-bond donors (Lipinski definition) is 1. The van der Waals surface area contributed by atoms with Gasteiger partial charge in [0.2, 0.25) is 6.41 Å². The van der Waals surface area contributed by atoms with E-state index in [9.17, 15) is 38.7 Å². The highest BCUT2D eigenvalue weighted by atomic mass is 16.6. The van der Waals surface area contributed by atoms with E-state index in [1.54, 1.807) is 18.3 Å². The molecule has 1 saturated heterocycles. The molecule has 2 fully saturated rings. The molecule has 0 bridgehead atoms. The first-order valence-corrected chi connectivity index (χ1v) is 19.7. The lowest BCUT2D eigenvalue weighted by atomic mass is 10.0. The Morgan fingerprint density at radius 3 is 1.88 bits per heavy atom. The van der Waals surface area contributed by atoms with Crippen molar-refractivity contribution in [1.29, 1.82) is 0 Å². The number of anilines is 1. The van der Waals surface area contributed by atoms with E-state index < -0.39 is 72.1 Å². The van der Waals surface area contributed by atoms with Crippen molar-refractivity contribution in [3.8, 4) is 0 Å². The minimum atomic E-state index is -1.49. The number of carbonyl (C=O) groups excluding carboxylic acids is 6.